The molecule has 1 saturated heterocycles. The van der Waals surface area contributed by atoms with E-state index < -0.39 is 18.9 Å². The first-order valence-corrected chi connectivity index (χ1v) is 13.5. The van der Waals surface area contributed by atoms with E-state index in [-0.39, 0.29) is 43.2 Å². The number of benzene rings is 1. The fraction of sp³-hybridized carbons (Fsp3) is 0.448. The number of carbonyl (C=O) groups excluding carboxylic acids is 2. The van der Waals surface area contributed by atoms with Gasteiger partial charge in [-0.05, 0) is 37.1 Å². The van der Waals surface area contributed by atoms with Crippen molar-refractivity contribution in [3.63, 3.8) is 0 Å². The van der Waals surface area contributed by atoms with Gasteiger partial charge in [-0.3, -0.25) is 4.79 Å². The Morgan fingerprint density at radius 2 is 1.85 bits per heavy atom. The van der Waals surface area contributed by atoms with Gasteiger partial charge in [0.05, 0.1) is 54.4 Å². The van der Waals surface area contributed by atoms with E-state index in [1.54, 1.807) is 11.5 Å². The topological polar surface area (TPSA) is 167 Å². The Balaban J connectivity index is 0.000000355. The molecule has 0 spiro atoms. The molecule has 0 radical (unpaired) electrons. The van der Waals surface area contributed by atoms with E-state index in [0.717, 1.165) is 22.2 Å². The number of aliphatic hydroxyl groups excluding tert-OH is 3. The van der Waals surface area contributed by atoms with Gasteiger partial charge in [-0.25, -0.2) is 14.6 Å². The minimum Gasteiger partial charge on any atom is -0.431 e. The van der Waals surface area contributed by atoms with Gasteiger partial charge in [-0.1, -0.05) is 32.0 Å². The minimum absolute atomic E-state index is 0.0249. The lowest BCUT2D eigenvalue weighted by molar-refractivity contribution is -0.0642. The highest BCUT2D eigenvalue weighted by atomic mass is 16.8. The quantitative estimate of drug-likeness (QED) is 0.238. The van der Waals surface area contributed by atoms with Crippen molar-refractivity contribution in [2.24, 2.45) is 0 Å². The van der Waals surface area contributed by atoms with Crippen LogP contribution in [0.1, 0.15) is 43.4 Å². The molecule has 3 aromatic rings. The predicted octanol–water partition coefficient (Wildman–Crippen LogP) is 3.06. The van der Waals surface area contributed by atoms with Crippen LogP contribution in [0.5, 0.6) is 0 Å². The lowest BCUT2D eigenvalue weighted by Crippen LogP contribution is -2.31. The highest BCUT2D eigenvalue weighted by Gasteiger charge is 2.25. The van der Waals surface area contributed by atoms with Gasteiger partial charge in [0.15, 0.2) is 0 Å². The number of aryl methyl sites for hydroxylation is 1. The van der Waals surface area contributed by atoms with Gasteiger partial charge in [0.25, 0.3) is 5.56 Å². The van der Waals surface area contributed by atoms with Crippen molar-refractivity contribution >= 4 is 23.2 Å². The van der Waals surface area contributed by atoms with E-state index in [9.17, 15) is 14.4 Å². The maximum absolute atomic E-state index is 13.0. The maximum atomic E-state index is 13.0. The monoisotopic (exact) mass is 572 g/mol. The summed E-state index contributed by atoms with van der Waals surface area (Å²) in [6.45, 7) is 5.64. The Kier molecular flexibility index (Phi) is 11.8. The van der Waals surface area contributed by atoms with Gasteiger partial charge < -0.3 is 38.8 Å². The number of para-hydroxylation sites is 1. The second-order valence-corrected chi connectivity index (χ2v) is 9.09. The molecule has 0 bridgehead atoms. The summed E-state index contributed by atoms with van der Waals surface area (Å²) in [7, 11) is 0. The van der Waals surface area contributed by atoms with E-state index >= 15 is 0 Å². The van der Waals surface area contributed by atoms with Crippen molar-refractivity contribution in [2.75, 3.05) is 26.4 Å². The highest BCUT2D eigenvalue weighted by molar-refractivity contribution is 5.84. The van der Waals surface area contributed by atoms with Crippen LogP contribution in [0.4, 0.5) is 9.59 Å². The number of pyridine rings is 2. The van der Waals surface area contributed by atoms with Crippen LogP contribution in [0.3, 0.4) is 0 Å². The number of fused-ring (bicyclic) bond motifs is 4. The highest BCUT2D eigenvalue weighted by Crippen LogP contribution is 2.32. The van der Waals surface area contributed by atoms with Gasteiger partial charge in [-0.2, -0.15) is 0 Å². The molecule has 2 aromatic heterocycles. The molecule has 2 aliphatic rings. The molecule has 12 nitrogen and oxygen atoms in total. The van der Waals surface area contributed by atoms with Gasteiger partial charge in [-0.15, -0.1) is 0 Å². The maximum Gasteiger partial charge on any atom is 0.518 e. The summed E-state index contributed by atoms with van der Waals surface area (Å²) >= 11 is 0. The van der Waals surface area contributed by atoms with Crippen LogP contribution in [-0.2, 0) is 32.1 Å². The third-order valence-corrected chi connectivity index (χ3v) is 6.35. The molecule has 1 unspecified atom stereocenters. The van der Waals surface area contributed by atoms with Crippen molar-refractivity contribution in [2.45, 2.75) is 59.0 Å². The summed E-state index contributed by atoms with van der Waals surface area (Å²) in [6.07, 6.45) is -1.69. The SMILES string of the molecule is CC.Cc1cc2n(c(=O)c1COC(=O)OC(=O)OCCO)Cc1cc3ccccc3nc1-2.OCC1C[C@H](O)CCO1. The van der Waals surface area contributed by atoms with E-state index in [0.29, 0.717) is 37.3 Å². The number of rotatable bonds is 5. The zero-order chi connectivity index (χ0) is 29.9. The summed E-state index contributed by atoms with van der Waals surface area (Å²) in [6, 6.07) is 11.6. The van der Waals surface area contributed by atoms with Gasteiger partial charge in [0, 0.05) is 24.0 Å². The van der Waals surface area contributed by atoms with Crippen molar-refractivity contribution in [3.8, 4) is 11.4 Å². The lowest BCUT2D eigenvalue weighted by atomic mass is 10.1. The Labute approximate surface area is 237 Å². The summed E-state index contributed by atoms with van der Waals surface area (Å²) in [5.74, 6) is 0. The summed E-state index contributed by atoms with van der Waals surface area (Å²) in [5, 5.41) is 27.2. The van der Waals surface area contributed by atoms with Gasteiger partial charge in [0.2, 0.25) is 0 Å². The molecular weight excluding hydrogens is 536 g/mol. The van der Waals surface area contributed by atoms with Crippen LogP contribution < -0.4 is 5.56 Å². The van der Waals surface area contributed by atoms with Crippen LogP contribution in [0, 0.1) is 6.92 Å². The molecule has 0 amide bonds. The van der Waals surface area contributed by atoms with Gasteiger partial charge >= 0.3 is 12.3 Å². The molecule has 4 heterocycles. The first kappa shape index (κ1) is 31.7. The molecule has 1 fully saturated rings. The van der Waals surface area contributed by atoms with Crippen molar-refractivity contribution < 1.29 is 43.9 Å². The Morgan fingerprint density at radius 1 is 1.12 bits per heavy atom. The fourth-order valence-corrected chi connectivity index (χ4v) is 4.39. The van der Waals surface area contributed by atoms with E-state index in [1.807, 2.05) is 50.2 Å². The summed E-state index contributed by atoms with van der Waals surface area (Å²) in [5.41, 5.74) is 3.85. The van der Waals surface area contributed by atoms with Crippen molar-refractivity contribution in [3.05, 3.63) is 63.4 Å². The smallest absolute Gasteiger partial charge is 0.431 e. The zero-order valence-corrected chi connectivity index (χ0v) is 23.4. The Morgan fingerprint density at radius 3 is 2.54 bits per heavy atom. The molecule has 0 aliphatic carbocycles. The summed E-state index contributed by atoms with van der Waals surface area (Å²) < 4.78 is 20.3. The molecule has 3 N–H and O–H groups in total. The number of carbonyl (C=O) groups is 2. The Bertz CT molecular complexity index is 1400. The Hall–Kier alpha value is -3.84. The molecule has 0 saturated carbocycles. The second kappa shape index (κ2) is 15.2. The largest absolute Gasteiger partial charge is 0.518 e. The fourth-order valence-electron chi connectivity index (χ4n) is 4.39. The molecule has 5 rings (SSSR count). The predicted molar refractivity (Wildman–Crippen MR) is 148 cm³/mol. The first-order chi connectivity index (χ1) is 19.8. The third-order valence-electron chi connectivity index (χ3n) is 6.35. The lowest BCUT2D eigenvalue weighted by Gasteiger charge is -2.24. The number of aromatic nitrogens is 2. The van der Waals surface area contributed by atoms with Crippen molar-refractivity contribution in [1.82, 2.24) is 9.55 Å². The normalized spacial score (nSPS) is 16.7. The number of hydrogen-bond donors (Lipinski definition) is 3. The molecule has 12 heteroatoms. The van der Waals surface area contributed by atoms with Gasteiger partial charge in [0.1, 0.15) is 13.2 Å². The molecule has 2 aliphatic heterocycles. The van der Waals surface area contributed by atoms with Crippen LogP contribution in [0.2, 0.25) is 0 Å². The molecule has 41 heavy (non-hydrogen) atoms. The van der Waals surface area contributed by atoms with Crippen molar-refractivity contribution in [1.29, 1.82) is 0 Å². The van der Waals surface area contributed by atoms with E-state index in [1.165, 1.54) is 0 Å². The second-order valence-electron chi connectivity index (χ2n) is 9.09. The minimum atomic E-state index is -1.29. The zero-order valence-electron chi connectivity index (χ0n) is 23.4. The van der Waals surface area contributed by atoms with Crippen LogP contribution in [-0.4, -0.2) is 75.8 Å². The van der Waals surface area contributed by atoms with Crippen LogP contribution in [0.25, 0.3) is 22.3 Å². The summed E-state index contributed by atoms with van der Waals surface area (Å²) in [4.78, 5) is 40.5. The average molecular weight is 573 g/mol. The van der Waals surface area contributed by atoms with E-state index in [4.69, 9.17) is 29.8 Å². The first-order valence-electron chi connectivity index (χ1n) is 13.5. The number of hydrogen-bond acceptors (Lipinski definition) is 11. The standard InChI is InChI=1S/C21H18N2O7.C6H12O3.C2H6/c1-12-8-17-18-14(9-13-4-2-3-5-16(13)22-18)10-23(17)19(25)15(12)11-29-21(27)30-20(26)28-7-6-24;7-4-6-3-5(8)1-2-9-6;1-2/h2-5,8-9,24H,6-7,10-11H2,1H3;5-8H,1-4H2;1-2H3/t;5-,6?;/m.1./s1. The third kappa shape index (κ3) is 8.10. The molecular formula is C29H36N2O10. The van der Waals surface area contributed by atoms with Crippen LogP contribution >= 0.6 is 0 Å². The number of nitrogens with zero attached hydrogens (tertiary/aromatic N) is 2. The number of aliphatic hydroxyl groups is 3. The van der Waals surface area contributed by atoms with E-state index in [2.05, 4.69) is 9.47 Å². The molecule has 1 aromatic carbocycles. The van der Waals surface area contributed by atoms with Crippen LogP contribution in [0.15, 0.2) is 41.2 Å². The average Bonchev–Trinajstić information content (AvgIpc) is 3.33. The number of ether oxygens (including phenoxy) is 4. The molecule has 222 valence electrons. The molecule has 2 atom stereocenters.